The van der Waals surface area contributed by atoms with Crippen LogP contribution in [0.25, 0.3) is 0 Å². The summed E-state index contributed by atoms with van der Waals surface area (Å²) >= 11 is 11.6. The lowest BCUT2D eigenvalue weighted by Crippen LogP contribution is -2.16. The van der Waals surface area contributed by atoms with Crippen LogP contribution < -0.4 is 5.32 Å². The van der Waals surface area contributed by atoms with Gasteiger partial charge in [0.25, 0.3) is 0 Å². The van der Waals surface area contributed by atoms with Gasteiger partial charge in [-0.15, -0.1) is 0 Å². The maximum Gasteiger partial charge on any atom is 0.311 e. The number of pyridine rings is 1. The van der Waals surface area contributed by atoms with Crippen LogP contribution in [-0.2, 0) is 11.2 Å². The summed E-state index contributed by atoms with van der Waals surface area (Å²) in [7, 11) is 0. The van der Waals surface area contributed by atoms with Crippen molar-refractivity contribution >= 4 is 40.6 Å². The number of anilines is 1. The van der Waals surface area contributed by atoms with E-state index in [1.54, 1.807) is 24.3 Å². The Hall–Kier alpha value is -2.18. The Morgan fingerprint density at radius 3 is 2.62 bits per heavy atom. The molecule has 0 saturated heterocycles. The monoisotopic (exact) mass is 325 g/mol. The van der Waals surface area contributed by atoms with Crippen molar-refractivity contribution in [2.75, 3.05) is 5.32 Å². The quantitative estimate of drug-likeness (QED) is 0.529. The molecule has 1 N–H and O–H groups in total. The number of nitro groups is 1. The van der Waals surface area contributed by atoms with Gasteiger partial charge in [0.2, 0.25) is 11.7 Å². The van der Waals surface area contributed by atoms with Crippen molar-refractivity contribution in [3.05, 3.63) is 62.3 Å². The van der Waals surface area contributed by atoms with Gasteiger partial charge in [-0.25, -0.2) is 4.98 Å². The van der Waals surface area contributed by atoms with Gasteiger partial charge in [-0.1, -0.05) is 41.4 Å². The molecule has 0 aliphatic heterocycles. The first kappa shape index (κ1) is 15.2. The Kier molecular flexibility index (Phi) is 4.72. The molecule has 1 heterocycles. The predicted octanol–water partition coefficient (Wildman–Crippen LogP) is 3.48. The highest BCUT2D eigenvalue weighted by molar-refractivity contribution is 6.31. The third-order valence-corrected chi connectivity index (χ3v) is 3.18. The van der Waals surface area contributed by atoms with E-state index in [4.69, 9.17) is 23.2 Å². The van der Waals surface area contributed by atoms with E-state index in [1.807, 2.05) is 0 Å². The lowest BCUT2D eigenvalue weighted by molar-refractivity contribution is -0.384. The van der Waals surface area contributed by atoms with E-state index in [-0.39, 0.29) is 23.1 Å². The van der Waals surface area contributed by atoms with Crippen molar-refractivity contribution < 1.29 is 9.72 Å². The van der Waals surface area contributed by atoms with Gasteiger partial charge in [0.1, 0.15) is 5.15 Å². The SMILES string of the molecule is O=C(Cc1ccccc1Cl)Nc1nc(Cl)ccc1[N+](=O)[O-]. The second kappa shape index (κ2) is 6.51. The number of rotatable bonds is 4. The number of nitrogens with one attached hydrogen (secondary N) is 1. The van der Waals surface area contributed by atoms with Gasteiger partial charge in [-0.3, -0.25) is 14.9 Å². The zero-order valence-corrected chi connectivity index (χ0v) is 12.1. The Balaban J connectivity index is 2.18. The molecule has 0 aliphatic rings. The van der Waals surface area contributed by atoms with E-state index in [1.165, 1.54) is 12.1 Å². The summed E-state index contributed by atoms with van der Waals surface area (Å²) in [5, 5.41) is 13.7. The fourth-order valence-electron chi connectivity index (χ4n) is 1.66. The minimum Gasteiger partial charge on any atom is -0.305 e. The molecule has 108 valence electrons. The van der Waals surface area contributed by atoms with Crippen LogP contribution in [-0.4, -0.2) is 15.8 Å². The molecule has 1 aromatic heterocycles. The normalized spacial score (nSPS) is 10.2. The molecule has 1 amide bonds. The first-order valence-electron chi connectivity index (χ1n) is 5.81. The van der Waals surface area contributed by atoms with Gasteiger partial charge in [0.05, 0.1) is 11.3 Å². The van der Waals surface area contributed by atoms with Crippen LogP contribution in [0, 0.1) is 10.1 Å². The van der Waals surface area contributed by atoms with E-state index in [0.717, 1.165) is 0 Å². The lowest BCUT2D eigenvalue weighted by Gasteiger charge is -2.06. The van der Waals surface area contributed by atoms with Gasteiger partial charge in [-0.05, 0) is 17.7 Å². The van der Waals surface area contributed by atoms with Crippen molar-refractivity contribution in [2.24, 2.45) is 0 Å². The Bertz CT molecular complexity index is 707. The molecule has 8 heteroatoms. The van der Waals surface area contributed by atoms with E-state index in [9.17, 15) is 14.9 Å². The van der Waals surface area contributed by atoms with Crippen LogP contribution in [0.2, 0.25) is 10.2 Å². The number of carbonyl (C=O) groups is 1. The first-order valence-corrected chi connectivity index (χ1v) is 6.57. The highest BCUT2D eigenvalue weighted by Gasteiger charge is 2.18. The van der Waals surface area contributed by atoms with Crippen LogP contribution in [0.5, 0.6) is 0 Å². The van der Waals surface area contributed by atoms with Crippen LogP contribution >= 0.6 is 23.2 Å². The van der Waals surface area contributed by atoms with Crippen molar-refractivity contribution in [1.29, 1.82) is 0 Å². The second-order valence-electron chi connectivity index (χ2n) is 4.08. The molecule has 0 spiro atoms. The number of amides is 1. The molecule has 1 aromatic carbocycles. The van der Waals surface area contributed by atoms with Crippen molar-refractivity contribution in [3.8, 4) is 0 Å². The van der Waals surface area contributed by atoms with Gasteiger partial charge in [-0.2, -0.15) is 0 Å². The third kappa shape index (κ3) is 3.90. The van der Waals surface area contributed by atoms with E-state index in [2.05, 4.69) is 10.3 Å². The summed E-state index contributed by atoms with van der Waals surface area (Å²) in [5.74, 6) is -0.662. The number of carbonyl (C=O) groups excluding carboxylic acids is 1. The third-order valence-electron chi connectivity index (χ3n) is 2.60. The molecule has 0 saturated carbocycles. The molecule has 6 nitrogen and oxygen atoms in total. The summed E-state index contributed by atoms with van der Waals surface area (Å²) in [6, 6.07) is 9.30. The minimum absolute atomic E-state index is 0.0228. The zero-order chi connectivity index (χ0) is 15.4. The largest absolute Gasteiger partial charge is 0.311 e. The standard InChI is InChI=1S/C13H9Cl2N3O3/c14-9-4-2-1-3-8(9)7-12(19)17-13-10(18(20)21)5-6-11(15)16-13/h1-6H,7H2,(H,16,17,19). The van der Waals surface area contributed by atoms with E-state index >= 15 is 0 Å². The topological polar surface area (TPSA) is 85.1 Å². The van der Waals surface area contributed by atoms with Crippen molar-refractivity contribution in [1.82, 2.24) is 4.98 Å². The van der Waals surface area contributed by atoms with Crippen LogP contribution in [0.15, 0.2) is 36.4 Å². The molecule has 2 aromatic rings. The Morgan fingerprint density at radius 1 is 1.24 bits per heavy atom. The average molecular weight is 326 g/mol. The highest BCUT2D eigenvalue weighted by atomic mass is 35.5. The smallest absolute Gasteiger partial charge is 0.305 e. The van der Waals surface area contributed by atoms with Crippen molar-refractivity contribution in [3.63, 3.8) is 0 Å². The Labute approximate surface area is 129 Å². The van der Waals surface area contributed by atoms with Gasteiger partial charge in [0, 0.05) is 11.1 Å². The minimum atomic E-state index is -0.644. The summed E-state index contributed by atoms with van der Waals surface area (Å²) in [6.07, 6.45) is -0.0228. The molecule has 2 rings (SSSR count). The fraction of sp³-hybridized carbons (Fsp3) is 0.0769. The fourth-order valence-corrected chi connectivity index (χ4v) is 2.01. The number of hydrogen-bond donors (Lipinski definition) is 1. The molecule has 0 atom stereocenters. The average Bonchev–Trinajstić information content (AvgIpc) is 2.41. The molecule has 0 bridgehead atoms. The lowest BCUT2D eigenvalue weighted by atomic mass is 10.1. The predicted molar refractivity (Wildman–Crippen MR) is 79.7 cm³/mol. The van der Waals surface area contributed by atoms with Crippen molar-refractivity contribution in [2.45, 2.75) is 6.42 Å². The maximum absolute atomic E-state index is 11.9. The highest BCUT2D eigenvalue weighted by Crippen LogP contribution is 2.24. The molecule has 0 aliphatic carbocycles. The molecule has 0 unspecified atom stereocenters. The van der Waals surface area contributed by atoms with Crippen LogP contribution in [0.1, 0.15) is 5.56 Å². The number of nitrogens with zero attached hydrogens (tertiary/aromatic N) is 2. The summed E-state index contributed by atoms with van der Waals surface area (Å²) in [4.78, 5) is 25.9. The zero-order valence-electron chi connectivity index (χ0n) is 10.5. The molecular formula is C13H9Cl2N3O3. The number of aromatic nitrogens is 1. The van der Waals surface area contributed by atoms with Gasteiger partial charge in [0.15, 0.2) is 0 Å². The number of benzene rings is 1. The summed E-state index contributed by atoms with van der Waals surface area (Å²) in [5.41, 5.74) is 0.285. The van der Waals surface area contributed by atoms with Crippen LogP contribution in [0.4, 0.5) is 11.5 Å². The Morgan fingerprint density at radius 2 is 1.95 bits per heavy atom. The van der Waals surface area contributed by atoms with E-state index < -0.39 is 10.8 Å². The van der Waals surface area contributed by atoms with E-state index in [0.29, 0.717) is 10.6 Å². The molecule has 0 radical (unpaired) electrons. The summed E-state index contributed by atoms with van der Waals surface area (Å²) in [6.45, 7) is 0. The number of hydrogen-bond acceptors (Lipinski definition) is 4. The van der Waals surface area contributed by atoms with Gasteiger partial charge >= 0.3 is 5.69 Å². The number of halogens is 2. The van der Waals surface area contributed by atoms with Gasteiger partial charge < -0.3 is 5.32 Å². The molecule has 21 heavy (non-hydrogen) atoms. The summed E-state index contributed by atoms with van der Waals surface area (Å²) < 4.78 is 0. The first-order chi connectivity index (χ1) is 9.97. The molecular weight excluding hydrogens is 317 g/mol. The molecule has 0 fully saturated rings. The maximum atomic E-state index is 11.9. The van der Waals surface area contributed by atoms with Crippen LogP contribution in [0.3, 0.4) is 0 Å². The second-order valence-corrected chi connectivity index (χ2v) is 4.87.